The molecule has 4 saturated carbocycles. The van der Waals surface area contributed by atoms with Crippen LogP contribution in [0.4, 0.5) is 0 Å². The van der Waals surface area contributed by atoms with Crippen LogP contribution in [0.3, 0.4) is 0 Å². The van der Waals surface area contributed by atoms with Crippen molar-refractivity contribution in [2.45, 2.75) is 85.0 Å². The number of hydrogen-bond donors (Lipinski definition) is 0. The van der Waals surface area contributed by atoms with Crippen LogP contribution in [0.15, 0.2) is 0 Å². The molecule has 0 nitrogen and oxygen atoms in total. The van der Waals surface area contributed by atoms with Gasteiger partial charge in [0.1, 0.15) is 0 Å². The molecule has 20 heavy (non-hydrogen) atoms. The summed E-state index contributed by atoms with van der Waals surface area (Å²) in [4.78, 5) is 0. The molecule has 0 radical (unpaired) electrons. The minimum Gasteiger partial charge on any atom is -0.0620 e. The lowest BCUT2D eigenvalue weighted by molar-refractivity contribution is -0.128. The Labute approximate surface area is 126 Å². The summed E-state index contributed by atoms with van der Waals surface area (Å²) in [6.45, 7) is 7.95. The molecule has 4 aliphatic rings. The Morgan fingerprint density at radius 2 is 1.60 bits per heavy atom. The Morgan fingerprint density at radius 1 is 0.750 bits per heavy atom. The highest BCUT2D eigenvalue weighted by atomic mass is 14.6. The van der Waals surface area contributed by atoms with Crippen molar-refractivity contribution in [2.75, 3.05) is 0 Å². The average molecular weight is 274 g/mol. The molecule has 0 bridgehead atoms. The van der Waals surface area contributed by atoms with Crippen LogP contribution in [0.1, 0.15) is 85.0 Å². The molecule has 4 fully saturated rings. The number of hydrogen-bond acceptors (Lipinski definition) is 0. The van der Waals surface area contributed by atoms with Crippen LogP contribution in [0.5, 0.6) is 0 Å². The van der Waals surface area contributed by atoms with E-state index in [2.05, 4.69) is 20.8 Å². The van der Waals surface area contributed by atoms with Crippen LogP contribution in [0, 0.1) is 40.4 Å². The number of rotatable bonds is 0. The maximum atomic E-state index is 2.72. The third kappa shape index (κ3) is 1.66. The van der Waals surface area contributed by atoms with E-state index in [0.717, 1.165) is 35.0 Å². The molecule has 114 valence electrons. The first-order valence-corrected chi connectivity index (χ1v) is 9.56. The predicted octanol–water partition coefficient (Wildman–Crippen LogP) is 6.06. The van der Waals surface area contributed by atoms with Gasteiger partial charge in [-0.05, 0) is 85.4 Å². The number of fused-ring (bicyclic) bond motifs is 5. The second-order valence-corrected chi connectivity index (χ2v) is 9.43. The standard InChI is InChI=1S/C20H34/c1-14-6-4-7-15-9-10-16-17-8-5-12-19(17,2)13-11-18(16)20(14,15)3/h14-18H,4-13H2,1-3H3/t14-,15?,16+,17+,18+,19+,20+/m1/s1. The Balaban J connectivity index is 1.67. The van der Waals surface area contributed by atoms with Gasteiger partial charge in [-0.1, -0.05) is 40.0 Å². The summed E-state index contributed by atoms with van der Waals surface area (Å²) in [5.74, 6) is 5.32. The highest BCUT2D eigenvalue weighted by molar-refractivity contribution is 5.07. The zero-order valence-electron chi connectivity index (χ0n) is 14.0. The van der Waals surface area contributed by atoms with Gasteiger partial charge in [-0.15, -0.1) is 0 Å². The Morgan fingerprint density at radius 3 is 2.45 bits per heavy atom. The highest BCUT2D eigenvalue weighted by Crippen LogP contribution is 2.67. The predicted molar refractivity (Wildman–Crippen MR) is 85.5 cm³/mol. The first kappa shape index (κ1) is 13.6. The molecule has 0 N–H and O–H groups in total. The average Bonchev–Trinajstić information content (AvgIpc) is 2.82. The molecule has 0 aromatic rings. The summed E-state index contributed by atoms with van der Waals surface area (Å²) in [5.41, 5.74) is 1.44. The first-order valence-electron chi connectivity index (χ1n) is 9.56. The van der Waals surface area contributed by atoms with E-state index in [1.54, 1.807) is 38.5 Å². The minimum absolute atomic E-state index is 0.699. The van der Waals surface area contributed by atoms with Crippen LogP contribution < -0.4 is 0 Å². The third-order valence-corrected chi connectivity index (χ3v) is 9.00. The largest absolute Gasteiger partial charge is 0.0620 e. The summed E-state index contributed by atoms with van der Waals surface area (Å²) in [6, 6.07) is 0. The van der Waals surface area contributed by atoms with E-state index in [4.69, 9.17) is 0 Å². The molecular formula is C20H34. The quantitative estimate of drug-likeness (QED) is 0.504. The zero-order chi connectivity index (χ0) is 14.0. The topological polar surface area (TPSA) is 0 Å². The van der Waals surface area contributed by atoms with Crippen LogP contribution in [-0.2, 0) is 0 Å². The molecular weight excluding hydrogens is 240 g/mol. The fourth-order valence-corrected chi connectivity index (χ4v) is 7.67. The van der Waals surface area contributed by atoms with Gasteiger partial charge in [0.25, 0.3) is 0 Å². The molecule has 0 heterocycles. The Bertz CT molecular complexity index is 385. The maximum absolute atomic E-state index is 2.72. The van der Waals surface area contributed by atoms with Crippen molar-refractivity contribution in [1.82, 2.24) is 0 Å². The summed E-state index contributed by atoms with van der Waals surface area (Å²) in [5, 5.41) is 0. The third-order valence-electron chi connectivity index (χ3n) is 9.00. The molecule has 0 spiro atoms. The molecule has 4 aliphatic carbocycles. The molecule has 1 unspecified atom stereocenters. The molecule has 0 amide bonds. The van der Waals surface area contributed by atoms with Gasteiger partial charge in [0.2, 0.25) is 0 Å². The first-order chi connectivity index (χ1) is 9.56. The second-order valence-electron chi connectivity index (χ2n) is 9.43. The smallest absolute Gasteiger partial charge is 0.0241 e. The SMILES string of the molecule is C[C@@H]1CCCC2CC[C@H]3[C@@H]4CCC[C@@]4(C)CC[C@@H]3[C@]21C. The van der Waals surface area contributed by atoms with Crippen molar-refractivity contribution >= 4 is 0 Å². The van der Waals surface area contributed by atoms with Gasteiger partial charge in [-0.3, -0.25) is 0 Å². The van der Waals surface area contributed by atoms with Crippen molar-refractivity contribution in [3.8, 4) is 0 Å². The lowest BCUT2D eigenvalue weighted by atomic mass is 9.43. The van der Waals surface area contributed by atoms with Gasteiger partial charge in [-0.25, -0.2) is 0 Å². The van der Waals surface area contributed by atoms with Crippen molar-refractivity contribution in [3.63, 3.8) is 0 Å². The molecule has 0 aliphatic heterocycles. The van der Waals surface area contributed by atoms with Crippen LogP contribution in [-0.4, -0.2) is 0 Å². The van der Waals surface area contributed by atoms with Crippen molar-refractivity contribution in [3.05, 3.63) is 0 Å². The van der Waals surface area contributed by atoms with E-state index >= 15 is 0 Å². The van der Waals surface area contributed by atoms with Gasteiger partial charge in [-0.2, -0.15) is 0 Å². The normalized spacial score (nSPS) is 58.6. The molecule has 0 aromatic heterocycles. The lowest BCUT2D eigenvalue weighted by Gasteiger charge is -2.62. The van der Waals surface area contributed by atoms with Crippen LogP contribution in [0.2, 0.25) is 0 Å². The lowest BCUT2D eigenvalue weighted by Crippen LogP contribution is -2.54. The van der Waals surface area contributed by atoms with Gasteiger partial charge < -0.3 is 0 Å². The van der Waals surface area contributed by atoms with Crippen LogP contribution >= 0.6 is 0 Å². The highest BCUT2D eigenvalue weighted by Gasteiger charge is 2.58. The molecule has 0 heteroatoms. The second kappa shape index (κ2) is 4.50. The summed E-state index contributed by atoms with van der Waals surface area (Å²) in [6.07, 6.45) is 15.5. The fraction of sp³-hybridized carbons (Fsp3) is 1.00. The summed E-state index contributed by atoms with van der Waals surface area (Å²) in [7, 11) is 0. The van der Waals surface area contributed by atoms with E-state index in [0.29, 0.717) is 5.41 Å². The summed E-state index contributed by atoms with van der Waals surface area (Å²) >= 11 is 0. The fourth-order valence-electron chi connectivity index (χ4n) is 7.67. The minimum atomic E-state index is 0.699. The van der Waals surface area contributed by atoms with Crippen molar-refractivity contribution in [2.24, 2.45) is 40.4 Å². The van der Waals surface area contributed by atoms with Gasteiger partial charge in [0, 0.05) is 0 Å². The van der Waals surface area contributed by atoms with E-state index in [1.165, 1.54) is 25.7 Å². The van der Waals surface area contributed by atoms with Gasteiger partial charge >= 0.3 is 0 Å². The maximum Gasteiger partial charge on any atom is -0.0241 e. The Kier molecular flexibility index (Phi) is 3.07. The summed E-state index contributed by atoms with van der Waals surface area (Å²) < 4.78 is 0. The van der Waals surface area contributed by atoms with Gasteiger partial charge in [0.15, 0.2) is 0 Å². The van der Waals surface area contributed by atoms with E-state index in [9.17, 15) is 0 Å². The Hall–Kier alpha value is 0. The van der Waals surface area contributed by atoms with Crippen molar-refractivity contribution in [1.29, 1.82) is 0 Å². The van der Waals surface area contributed by atoms with Crippen molar-refractivity contribution < 1.29 is 0 Å². The van der Waals surface area contributed by atoms with E-state index < -0.39 is 0 Å². The van der Waals surface area contributed by atoms with Crippen LogP contribution in [0.25, 0.3) is 0 Å². The monoisotopic (exact) mass is 274 g/mol. The molecule has 0 aromatic carbocycles. The molecule has 4 rings (SSSR count). The van der Waals surface area contributed by atoms with E-state index in [1.807, 2.05) is 0 Å². The van der Waals surface area contributed by atoms with Gasteiger partial charge in [0.05, 0.1) is 0 Å². The van der Waals surface area contributed by atoms with E-state index in [-0.39, 0.29) is 0 Å². The molecule has 0 saturated heterocycles. The zero-order valence-corrected chi connectivity index (χ0v) is 14.0. The molecule has 7 atom stereocenters.